The summed E-state index contributed by atoms with van der Waals surface area (Å²) >= 11 is 0. The molecule has 1 aliphatic carbocycles. The average molecular weight is 355 g/mol. The van der Waals surface area contributed by atoms with Crippen molar-refractivity contribution in [3.05, 3.63) is 62.2 Å². The van der Waals surface area contributed by atoms with Crippen molar-refractivity contribution in [3.63, 3.8) is 0 Å². The van der Waals surface area contributed by atoms with E-state index >= 15 is 0 Å². The molecule has 3 rings (SSSR count). The van der Waals surface area contributed by atoms with Crippen LogP contribution in [0.3, 0.4) is 0 Å². The number of hydrogen-bond donors (Lipinski definition) is 0. The fourth-order valence-electron chi connectivity index (χ4n) is 1.93. The summed E-state index contributed by atoms with van der Waals surface area (Å²) < 4.78 is 0. The van der Waals surface area contributed by atoms with Gasteiger partial charge in [0.15, 0.2) is 0 Å². The molecular formula is C17H18NORh-. The van der Waals surface area contributed by atoms with E-state index in [1.54, 1.807) is 12.3 Å². The minimum absolute atomic E-state index is 0. The minimum atomic E-state index is -0.0110. The van der Waals surface area contributed by atoms with Gasteiger partial charge in [0.1, 0.15) is 0 Å². The molecule has 0 atom stereocenters. The predicted molar refractivity (Wildman–Crippen MR) is 76.9 cm³/mol. The zero-order valence-corrected chi connectivity index (χ0v) is 12.9. The van der Waals surface area contributed by atoms with Gasteiger partial charge in [-0.05, 0) is 62.8 Å². The van der Waals surface area contributed by atoms with Crippen molar-refractivity contribution in [1.82, 2.24) is 4.98 Å². The van der Waals surface area contributed by atoms with Crippen molar-refractivity contribution in [2.75, 3.05) is 0 Å². The van der Waals surface area contributed by atoms with Gasteiger partial charge in [-0.2, -0.15) is 0 Å². The zero-order chi connectivity index (χ0) is 13.3. The molecule has 2 aromatic rings. The summed E-state index contributed by atoms with van der Waals surface area (Å²) in [7, 11) is 0. The number of hydrogen-bond acceptors (Lipinski definition) is 2. The van der Waals surface area contributed by atoms with Crippen molar-refractivity contribution in [3.8, 4) is 5.75 Å². The first-order valence-corrected chi connectivity index (χ1v) is 6.68. The Labute approximate surface area is 134 Å². The average Bonchev–Trinajstić information content (AvgIpc) is 2.39. The monoisotopic (exact) mass is 355 g/mol. The Hall–Kier alpha value is -0.947. The minimum Gasteiger partial charge on any atom is -0.871 e. The van der Waals surface area contributed by atoms with Crippen LogP contribution in [0.2, 0.25) is 0 Å². The molecule has 1 saturated carbocycles. The van der Waals surface area contributed by atoms with Crippen molar-refractivity contribution in [1.29, 1.82) is 0 Å². The predicted octanol–water partition coefficient (Wildman–Crippen LogP) is 3.68. The SMILES string of the molecule is [CH]1[CH]CC[CH][CH]CC1.[O-]c1cccc2cccnc12.[Rh]. The molecule has 1 heterocycles. The third kappa shape index (κ3) is 5.58. The van der Waals surface area contributed by atoms with Crippen LogP contribution < -0.4 is 5.11 Å². The third-order valence-corrected chi connectivity index (χ3v) is 2.93. The Morgan fingerprint density at radius 2 is 1.35 bits per heavy atom. The second-order valence-corrected chi connectivity index (χ2v) is 4.43. The first-order chi connectivity index (χ1) is 9.38. The van der Waals surface area contributed by atoms with Gasteiger partial charge in [-0.25, -0.2) is 0 Å². The summed E-state index contributed by atoms with van der Waals surface area (Å²) in [6, 6.07) is 8.84. The number of benzene rings is 1. The van der Waals surface area contributed by atoms with Gasteiger partial charge in [0.05, 0.1) is 5.52 Å². The van der Waals surface area contributed by atoms with Crippen LogP contribution in [0.5, 0.6) is 5.75 Å². The Kier molecular flexibility index (Phi) is 8.45. The summed E-state index contributed by atoms with van der Waals surface area (Å²) in [6.45, 7) is 0. The topological polar surface area (TPSA) is 36.0 Å². The molecule has 0 amide bonds. The van der Waals surface area contributed by atoms with Crippen LogP contribution in [-0.2, 0) is 19.5 Å². The molecule has 1 aromatic heterocycles. The largest absolute Gasteiger partial charge is 0.871 e. The normalized spacial score (nSPS) is 15.2. The molecule has 1 fully saturated rings. The maximum Gasteiger partial charge on any atom is 0.0623 e. The smallest absolute Gasteiger partial charge is 0.0623 e. The molecule has 0 spiro atoms. The van der Waals surface area contributed by atoms with E-state index in [4.69, 9.17) is 0 Å². The molecule has 5 radical (unpaired) electrons. The Morgan fingerprint density at radius 1 is 0.800 bits per heavy atom. The molecule has 0 N–H and O–H groups in total. The zero-order valence-electron chi connectivity index (χ0n) is 11.3. The first-order valence-electron chi connectivity index (χ1n) is 6.68. The van der Waals surface area contributed by atoms with E-state index in [2.05, 4.69) is 30.7 Å². The van der Waals surface area contributed by atoms with Gasteiger partial charge in [-0.15, -0.1) is 0 Å². The van der Waals surface area contributed by atoms with Gasteiger partial charge in [0.2, 0.25) is 0 Å². The van der Waals surface area contributed by atoms with E-state index in [9.17, 15) is 5.11 Å². The molecule has 0 saturated heterocycles. The third-order valence-electron chi connectivity index (χ3n) is 2.93. The van der Waals surface area contributed by atoms with Crippen LogP contribution in [0.4, 0.5) is 0 Å². The number of fused-ring (bicyclic) bond motifs is 1. The summed E-state index contributed by atoms with van der Waals surface area (Å²) in [6.07, 6.45) is 15.6. The van der Waals surface area contributed by atoms with Crippen molar-refractivity contribution < 1.29 is 24.6 Å². The molecule has 3 heteroatoms. The van der Waals surface area contributed by atoms with Crippen LogP contribution in [0.1, 0.15) is 25.7 Å². The van der Waals surface area contributed by atoms with E-state index in [1.165, 1.54) is 31.7 Å². The van der Waals surface area contributed by atoms with Crippen molar-refractivity contribution >= 4 is 10.9 Å². The molecular weight excluding hydrogens is 337 g/mol. The summed E-state index contributed by atoms with van der Waals surface area (Å²) in [5.74, 6) is -0.0110. The van der Waals surface area contributed by atoms with Crippen LogP contribution in [0.25, 0.3) is 10.9 Å². The number of pyridine rings is 1. The van der Waals surface area contributed by atoms with Gasteiger partial charge in [0.25, 0.3) is 0 Å². The second-order valence-electron chi connectivity index (χ2n) is 4.43. The van der Waals surface area contributed by atoms with Gasteiger partial charge >= 0.3 is 0 Å². The van der Waals surface area contributed by atoms with Crippen molar-refractivity contribution in [2.24, 2.45) is 0 Å². The number of nitrogens with zero attached hydrogens (tertiary/aromatic N) is 1. The first kappa shape index (κ1) is 17.1. The number of rotatable bonds is 0. The molecule has 2 nitrogen and oxygen atoms in total. The maximum absolute atomic E-state index is 11.1. The second kappa shape index (κ2) is 9.88. The number of aromatic nitrogens is 1. The van der Waals surface area contributed by atoms with Crippen LogP contribution >= 0.6 is 0 Å². The fraction of sp³-hybridized carbons (Fsp3) is 0.235. The summed E-state index contributed by atoms with van der Waals surface area (Å²) in [5, 5.41) is 12.0. The molecule has 20 heavy (non-hydrogen) atoms. The van der Waals surface area contributed by atoms with Crippen LogP contribution in [-0.4, -0.2) is 4.98 Å². The van der Waals surface area contributed by atoms with Gasteiger partial charge in [-0.1, -0.05) is 30.0 Å². The van der Waals surface area contributed by atoms with Crippen LogP contribution in [0.15, 0.2) is 36.5 Å². The van der Waals surface area contributed by atoms with Gasteiger partial charge in [0, 0.05) is 25.7 Å². The molecule has 1 aromatic carbocycles. The molecule has 0 unspecified atom stereocenters. The molecule has 1 aliphatic rings. The Morgan fingerprint density at radius 3 is 1.90 bits per heavy atom. The molecule has 0 bridgehead atoms. The van der Waals surface area contributed by atoms with E-state index in [1.807, 2.05) is 18.2 Å². The quantitative estimate of drug-likeness (QED) is 0.676. The maximum atomic E-state index is 11.1. The van der Waals surface area contributed by atoms with E-state index in [0.717, 1.165) is 5.39 Å². The van der Waals surface area contributed by atoms with Gasteiger partial charge < -0.3 is 5.11 Å². The van der Waals surface area contributed by atoms with Crippen LogP contribution in [0, 0.1) is 25.7 Å². The van der Waals surface area contributed by atoms with E-state index in [0.29, 0.717) is 5.52 Å². The van der Waals surface area contributed by atoms with Gasteiger partial charge in [-0.3, -0.25) is 4.98 Å². The number of para-hydroxylation sites is 1. The molecule has 0 aliphatic heterocycles. The summed E-state index contributed by atoms with van der Waals surface area (Å²) in [4.78, 5) is 3.97. The summed E-state index contributed by atoms with van der Waals surface area (Å²) in [5.41, 5.74) is 0.551. The Bertz CT molecular complexity index is 472. The molecule has 107 valence electrons. The van der Waals surface area contributed by atoms with Crippen molar-refractivity contribution in [2.45, 2.75) is 25.7 Å². The Balaban J connectivity index is 0.000000200. The fourth-order valence-corrected chi connectivity index (χ4v) is 1.93. The van der Waals surface area contributed by atoms with E-state index < -0.39 is 0 Å². The van der Waals surface area contributed by atoms with E-state index in [-0.39, 0.29) is 25.2 Å². The standard InChI is InChI=1S/C9H7NO.C8H12.Rh/c11-8-5-1-3-7-4-2-6-10-9(7)8;1-2-4-6-8-7-5-3-1;/h1-6,11H;1-2,7-8H,3-6H2;/p-1.